The van der Waals surface area contributed by atoms with Crippen molar-refractivity contribution in [3.05, 3.63) is 21.7 Å². The van der Waals surface area contributed by atoms with Gasteiger partial charge in [0.1, 0.15) is 10.8 Å². The number of nitrogens with zero attached hydrogens (tertiary/aromatic N) is 2. The molecule has 1 aromatic rings. The van der Waals surface area contributed by atoms with Crippen molar-refractivity contribution in [3.8, 4) is 0 Å². The van der Waals surface area contributed by atoms with Gasteiger partial charge in [-0.15, -0.1) is 11.3 Å². The molecule has 1 aromatic heterocycles. The Bertz CT molecular complexity index is 1070. The molecule has 2 fully saturated rings. The van der Waals surface area contributed by atoms with E-state index >= 15 is 0 Å². The SMILES string of the molecule is COCCN(CCOC)Cc1nc(/C=C(\C)[C@@H]2C[C@@H]3O[C@]3(C)CCC[C@H](C)[C@H](O)[C@@H](C)C(=O)C(C)(C)[C@@H](O)CC(O)O2)cs1. The van der Waals surface area contributed by atoms with Crippen LogP contribution in [0.15, 0.2) is 11.0 Å². The lowest BCUT2D eigenvalue weighted by molar-refractivity contribution is -0.162. The van der Waals surface area contributed by atoms with Gasteiger partial charge >= 0.3 is 0 Å². The van der Waals surface area contributed by atoms with Gasteiger partial charge in [-0.2, -0.15) is 0 Å². The van der Waals surface area contributed by atoms with Gasteiger partial charge in [0.15, 0.2) is 6.29 Å². The first-order valence-corrected chi connectivity index (χ1v) is 16.8. The first kappa shape index (κ1) is 37.2. The molecule has 44 heavy (non-hydrogen) atoms. The maximum Gasteiger partial charge on any atom is 0.157 e. The van der Waals surface area contributed by atoms with Gasteiger partial charge in [0.25, 0.3) is 0 Å². The third kappa shape index (κ3) is 10.1. The number of aliphatic hydroxyl groups excluding tert-OH is 3. The molecule has 0 amide bonds. The van der Waals surface area contributed by atoms with Crippen LogP contribution in [-0.4, -0.2) is 108 Å². The summed E-state index contributed by atoms with van der Waals surface area (Å²) >= 11 is 1.59. The van der Waals surface area contributed by atoms with E-state index < -0.39 is 35.9 Å². The molecule has 8 atom stereocenters. The predicted octanol–water partition coefficient (Wildman–Crippen LogP) is 4.06. The molecule has 3 heterocycles. The van der Waals surface area contributed by atoms with Crippen molar-refractivity contribution in [2.45, 2.75) is 116 Å². The summed E-state index contributed by atoms with van der Waals surface area (Å²) in [5, 5.41) is 36.0. The lowest BCUT2D eigenvalue weighted by Gasteiger charge is -2.35. The van der Waals surface area contributed by atoms with Crippen LogP contribution in [0.25, 0.3) is 6.08 Å². The van der Waals surface area contributed by atoms with Crippen molar-refractivity contribution in [1.29, 1.82) is 0 Å². The number of methoxy groups -OCH3 is 2. The summed E-state index contributed by atoms with van der Waals surface area (Å²) in [6.45, 7) is 14.6. The van der Waals surface area contributed by atoms with Crippen LogP contribution in [0.3, 0.4) is 0 Å². The summed E-state index contributed by atoms with van der Waals surface area (Å²) in [6, 6.07) is 0. The highest BCUT2D eigenvalue weighted by Crippen LogP contribution is 2.45. The lowest BCUT2D eigenvalue weighted by atomic mass is 9.73. The van der Waals surface area contributed by atoms with Gasteiger partial charge in [-0.25, -0.2) is 4.98 Å². The third-order valence-corrected chi connectivity index (χ3v) is 10.4. The normalized spacial score (nSPS) is 34.2. The molecular formula is C33H56N2O8S. The number of fused-ring (bicyclic) bond motifs is 1. The minimum absolute atomic E-state index is 0.0424. The molecule has 0 aromatic carbocycles. The summed E-state index contributed by atoms with van der Waals surface area (Å²) in [5.74, 6) is -0.942. The lowest BCUT2D eigenvalue weighted by Crippen LogP contribution is -2.46. The number of carbonyl (C=O) groups excluding carboxylic acids is 1. The number of aliphatic hydroxyl groups is 3. The van der Waals surface area contributed by atoms with E-state index in [1.165, 1.54) is 0 Å². The zero-order valence-corrected chi connectivity index (χ0v) is 28.8. The van der Waals surface area contributed by atoms with Crippen LogP contribution in [0.5, 0.6) is 0 Å². The number of hydrogen-bond acceptors (Lipinski definition) is 11. The highest BCUT2D eigenvalue weighted by atomic mass is 32.1. The Labute approximate surface area is 267 Å². The number of hydrogen-bond donors (Lipinski definition) is 3. The summed E-state index contributed by atoms with van der Waals surface area (Å²) in [5.41, 5.74) is 0.237. The minimum atomic E-state index is -1.30. The van der Waals surface area contributed by atoms with Crippen LogP contribution in [0, 0.1) is 17.3 Å². The highest BCUT2D eigenvalue weighted by Gasteiger charge is 2.52. The maximum absolute atomic E-state index is 13.4. The Kier molecular flexibility index (Phi) is 14.0. The summed E-state index contributed by atoms with van der Waals surface area (Å²) in [7, 11) is 3.39. The molecule has 0 radical (unpaired) electrons. The van der Waals surface area contributed by atoms with Gasteiger partial charge < -0.3 is 34.3 Å². The molecule has 0 saturated carbocycles. The van der Waals surface area contributed by atoms with Crippen molar-refractivity contribution in [2.24, 2.45) is 17.3 Å². The monoisotopic (exact) mass is 640 g/mol. The molecule has 3 N–H and O–H groups in total. The van der Waals surface area contributed by atoms with Crippen molar-refractivity contribution in [2.75, 3.05) is 40.5 Å². The average Bonchev–Trinajstić information content (AvgIpc) is 3.39. The third-order valence-electron chi connectivity index (χ3n) is 9.55. The average molecular weight is 641 g/mol. The van der Waals surface area contributed by atoms with Crippen LogP contribution < -0.4 is 0 Å². The fourth-order valence-electron chi connectivity index (χ4n) is 6.12. The maximum atomic E-state index is 13.4. The van der Waals surface area contributed by atoms with E-state index in [0.717, 1.165) is 48.6 Å². The second-order valence-corrected chi connectivity index (χ2v) is 14.5. The molecule has 3 rings (SSSR count). The van der Waals surface area contributed by atoms with Crippen LogP contribution in [0.2, 0.25) is 0 Å². The number of carbonyl (C=O) groups is 1. The van der Waals surface area contributed by atoms with Crippen LogP contribution in [0.1, 0.15) is 84.3 Å². The number of ketones is 1. The zero-order chi connectivity index (χ0) is 32.7. The van der Waals surface area contributed by atoms with Gasteiger partial charge in [0, 0.05) is 56.9 Å². The van der Waals surface area contributed by atoms with E-state index in [1.807, 2.05) is 25.3 Å². The number of aromatic nitrogens is 1. The van der Waals surface area contributed by atoms with Gasteiger partial charge in [-0.05, 0) is 44.3 Å². The Balaban J connectivity index is 1.79. The van der Waals surface area contributed by atoms with Crippen molar-refractivity contribution >= 4 is 23.2 Å². The summed E-state index contributed by atoms with van der Waals surface area (Å²) < 4.78 is 22.9. The number of ether oxygens (including phenoxy) is 4. The second-order valence-electron chi connectivity index (χ2n) is 13.5. The fourth-order valence-corrected chi connectivity index (χ4v) is 6.91. The Morgan fingerprint density at radius 3 is 2.43 bits per heavy atom. The number of thiazole rings is 1. The molecular weight excluding hydrogens is 584 g/mol. The van der Waals surface area contributed by atoms with E-state index in [2.05, 4.69) is 11.8 Å². The van der Waals surface area contributed by atoms with E-state index in [-0.39, 0.29) is 29.8 Å². The van der Waals surface area contributed by atoms with E-state index in [0.29, 0.717) is 26.2 Å². The summed E-state index contributed by atoms with van der Waals surface area (Å²) in [6.07, 6.45) is 1.06. The minimum Gasteiger partial charge on any atom is -0.392 e. The van der Waals surface area contributed by atoms with Crippen molar-refractivity contribution in [1.82, 2.24) is 9.88 Å². The molecule has 2 aliphatic heterocycles. The fraction of sp³-hybridized carbons (Fsp3) is 0.818. The number of rotatable bonds is 10. The van der Waals surface area contributed by atoms with E-state index in [1.54, 1.807) is 46.3 Å². The molecule has 0 bridgehead atoms. The van der Waals surface area contributed by atoms with E-state index in [9.17, 15) is 20.1 Å². The zero-order valence-electron chi connectivity index (χ0n) is 28.0. The standard InChI is InChI=1S/C33H56N2O8S/c1-21-10-9-11-33(6)27(43-33)17-25(42-29(37)18-26(36)32(4,5)31(39)23(3)30(21)38)22(2)16-24-20-44-28(34-24)19-35(12-14-40-7)13-15-41-8/h16,20-21,23,25-27,29-30,36-38H,9-15,17-19H2,1-8H3/b22-16+/t21-,23+,25-,26-,27-,29?,30-,33+/m0/s1. The smallest absolute Gasteiger partial charge is 0.157 e. The quantitative estimate of drug-likeness (QED) is 0.322. The van der Waals surface area contributed by atoms with Gasteiger partial charge in [0.05, 0.1) is 55.5 Å². The molecule has 10 nitrogen and oxygen atoms in total. The molecule has 11 heteroatoms. The van der Waals surface area contributed by atoms with Crippen molar-refractivity contribution < 1.29 is 39.1 Å². The Morgan fingerprint density at radius 1 is 1.14 bits per heavy atom. The second kappa shape index (κ2) is 16.5. The largest absolute Gasteiger partial charge is 0.392 e. The molecule has 252 valence electrons. The predicted molar refractivity (Wildman–Crippen MR) is 171 cm³/mol. The number of Topliss-reactive ketones (excluding diaryl/α,β-unsaturated/α-hetero) is 1. The van der Waals surface area contributed by atoms with Crippen molar-refractivity contribution in [3.63, 3.8) is 0 Å². The van der Waals surface area contributed by atoms with Crippen LogP contribution in [0.4, 0.5) is 0 Å². The van der Waals surface area contributed by atoms with Gasteiger partial charge in [-0.3, -0.25) is 9.69 Å². The first-order valence-electron chi connectivity index (χ1n) is 16.0. The molecule has 2 aliphatic rings. The first-order chi connectivity index (χ1) is 20.7. The molecule has 0 spiro atoms. The molecule has 1 unspecified atom stereocenters. The van der Waals surface area contributed by atoms with E-state index in [4.69, 9.17) is 23.9 Å². The van der Waals surface area contributed by atoms with Gasteiger partial charge in [-0.1, -0.05) is 34.1 Å². The summed E-state index contributed by atoms with van der Waals surface area (Å²) in [4.78, 5) is 20.5. The number of epoxide rings is 1. The molecule has 2 saturated heterocycles. The van der Waals surface area contributed by atoms with Crippen LogP contribution >= 0.6 is 11.3 Å². The Hall–Kier alpha value is -1.28. The molecule has 0 aliphatic carbocycles. The highest BCUT2D eigenvalue weighted by molar-refractivity contribution is 7.09. The van der Waals surface area contributed by atoms with Gasteiger partial charge in [0.2, 0.25) is 0 Å². The van der Waals surface area contributed by atoms with Crippen LogP contribution in [-0.2, 0) is 30.3 Å². The topological polar surface area (TPSA) is 134 Å². The Morgan fingerprint density at radius 2 is 1.80 bits per heavy atom.